The molecule has 1 saturated carbocycles. The van der Waals surface area contributed by atoms with Crippen molar-refractivity contribution in [3.8, 4) is 0 Å². The van der Waals surface area contributed by atoms with Crippen molar-refractivity contribution in [3.63, 3.8) is 0 Å². The van der Waals surface area contributed by atoms with Crippen LogP contribution in [0.2, 0.25) is 5.02 Å². The average Bonchev–Trinajstić information content (AvgIpc) is 2.67. The summed E-state index contributed by atoms with van der Waals surface area (Å²) in [5.74, 6) is -0.588. The molecule has 29 heavy (non-hydrogen) atoms. The molecule has 0 saturated heterocycles. The molecule has 0 heterocycles. The summed E-state index contributed by atoms with van der Waals surface area (Å²) in [7, 11) is 5.02. The van der Waals surface area contributed by atoms with Crippen molar-refractivity contribution in [2.75, 3.05) is 21.1 Å². The minimum atomic E-state index is -1.20. The van der Waals surface area contributed by atoms with Crippen LogP contribution < -0.4 is 0 Å². The van der Waals surface area contributed by atoms with E-state index in [9.17, 15) is 14.4 Å². The van der Waals surface area contributed by atoms with E-state index in [1.54, 1.807) is 50.2 Å². The summed E-state index contributed by atoms with van der Waals surface area (Å²) in [4.78, 5) is 41.0. The summed E-state index contributed by atoms with van der Waals surface area (Å²) < 4.78 is 10.5. The lowest BCUT2D eigenvalue weighted by Crippen LogP contribution is -2.55. The predicted octanol–water partition coefficient (Wildman–Crippen LogP) is 3.59. The lowest BCUT2D eigenvalue weighted by molar-refractivity contribution is -0.172. The van der Waals surface area contributed by atoms with Gasteiger partial charge in [-0.2, -0.15) is 0 Å². The lowest BCUT2D eigenvalue weighted by Gasteiger charge is -2.43. The van der Waals surface area contributed by atoms with Gasteiger partial charge in [-0.3, -0.25) is 19.4 Å². The van der Waals surface area contributed by atoms with Crippen molar-refractivity contribution in [2.45, 2.75) is 57.4 Å². The number of nitrogens with zero attached hydrogens (tertiary/aromatic N) is 2. The van der Waals surface area contributed by atoms with Gasteiger partial charge in [-0.15, -0.1) is 0 Å². The Morgan fingerprint density at radius 1 is 1.10 bits per heavy atom. The first-order chi connectivity index (χ1) is 13.6. The SMILES string of the molecule is CC(OC(=O)C(C)N(C)C)OC(=O)N(C)[C@]1(c2ccccc2Cl)CCCCC1=O. The average molecular weight is 425 g/mol. The van der Waals surface area contributed by atoms with Crippen LogP contribution in [0.15, 0.2) is 24.3 Å². The van der Waals surface area contributed by atoms with Gasteiger partial charge in [0, 0.05) is 31.0 Å². The topological polar surface area (TPSA) is 76.2 Å². The molecule has 1 aliphatic carbocycles. The van der Waals surface area contributed by atoms with E-state index in [0.717, 1.165) is 12.8 Å². The molecule has 0 aliphatic heterocycles. The van der Waals surface area contributed by atoms with E-state index in [4.69, 9.17) is 21.1 Å². The Bertz CT molecular complexity index is 769. The Labute approximate surface area is 176 Å². The van der Waals surface area contributed by atoms with Gasteiger partial charge in [0.1, 0.15) is 11.6 Å². The fourth-order valence-corrected chi connectivity index (χ4v) is 3.80. The highest BCUT2D eigenvalue weighted by Gasteiger charge is 2.48. The fraction of sp³-hybridized carbons (Fsp3) is 0.571. The summed E-state index contributed by atoms with van der Waals surface area (Å²) in [6, 6.07) is 6.54. The van der Waals surface area contributed by atoms with Gasteiger partial charge in [-0.25, -0.2) is 4.79 Å². The molecule has 3 atom stereocenters. The first-order valence-electron chi connectivity index (χ1n) is 9.71. The van der Waals surface area contributed by atoms with E-state index < -0.39 is 29.9 Å². The van der Waals surface area contributed by atoms with Gasteiger partial charge in [-0.1, -0.05) is 29.8 Å². The maximum atomic E-state index is 13.0. The molecule has 1 aromatic carbocycles. The van der Waals surface area contributed by atoms with Crippen LogP contribution in [0.1, 0.15) is 45.1 Å². The van der Waals surface area contributed by atoms with Crippen molar-refractivity contribution in [1.29, 1.82) is 0 Å². The number of ether oxygens (including phenoxy) is 2. The van der Waals surface area contributed by atoms with E-state index >= 15 is 0 Å². The smallest absolute Gasteiger partial charge is 0.413 e. The third-order valence-electron chi connectivity index (χ3n) is 5.48. The molecule has 0 spiro atoms. The molecule has 2 unspecified atom stereocenters. The van der Waals surface area contributed by atoms with Gasteiger partial charge in [0.25, 0.3) is 0 Å². The monoisotopic (exact) mass is 424 g/mol. The molecule has 0 bridgehead atoms. The number of likely N-dealkylation sites (N-methyl/N-ethyl adjacent to an activating group) is 2. The number of halogens is 1. The number of carbonyl (C=O) groups is 3. The number of hydrogen-bond acceptors (Lipinski definition) is 6. The van der Waals surface area contributed by atoms with Crippen LogP contribution in [-0.2, 0) is 24.6 Å². The molecule has 8 heteroatoms. The molecule has 1 amide bonds. The number of amides is 1. The maximum absolute atomic E-state index is 13.0. The Hall–Kier alpha value is -2.12. The number of hydrogen-bond donors (Lipinski definition) is 0. The van der Waals surface area contributed by atoms with Crippen LogP contribution in [0.25, 0.3) is 0 Å². The summed E-state index contributed by atoms with van der Waals surface area (Å²) in [5.41, 5.74) is -0.620. The molecule has 160 valence electrons. The van der Waals surface area contributed by atoms with Gasteiger partial charge >= 0.3 is 12.1 Å². The maximum Gasteiger partial charge on any atom is 0.413 e. The molecule has 1 aromatic rings. The van der Waals surface area contributed by atoms with Crippen LogP contribution in [0.4, 0.5) is 4.79 Å². The van der Waals surface area contributed by atoms with Crippen molar-refractivity contribution in [1.82, 2.24) is 9.80 Å². The number of esters is 1. The van der Waals surface area contributed by atoms with Crippen LogP contribution in [-0.4, -0.2) is 61.1 Å². The highest BCUT2D eigenvalue weighted by atomic mass is 35.5. The third-order valence-corrected chi connectivity index (χ3v) is 5.81. The molecular weight excluding hydrogens is 396 g/mol. The number of benzene rings is 1. The molecule has 1 fully saturated rings. The highest BCUT2D eigenvalue weighted by molar-refractivity contribution is 6.31. The van der Waals surface area contributed by atoms with E-state index in [0.29, 0.717) is 23.4 Å². The quantitative estimate of drug-likeness (QED) is 0.513. The lowest BCUT2D eigenvalue weighted by atomic mass is 9.74. The number of ketones is 1. The highest BCUT2D eigenvalue weighted by Crippen LogP contribution is 2.42. The third kappa shape index (κ3) is 4.90. The van der Waals surface area contributed by atoms with Gasteiger partial charge in [0.15, 0.2) is 5.78 Å². The zero-order valence-electron chi connectivity index (χ0n) is 17.6. The normalized spacial score (nSPS) is 21.4. The Morgan fingerprint density at radius 2 is 1.76 bits per heavy atom. The van der Waals surface area contributed by atoms with Crippen LogP contribution in [0, 0.1) is 0 Å². The standard InChI is InChI=1S/C21H29ClN2O5/c1-14(23(3)4)19(26)28-15(2)29-20(27)24(5)21(13-9-8-12-18(21)25)16-10-6-7-11-17(16)22/h6-7,10-11,14-15H,8-9,12-13H2,1-5H3/t14?,15?,21-/m0/s1. The van der Waals surface area contributed by atoms with Crippen LogP contribution >= 0.6 is 11.6 Å². The second-order valence-corrected chi connectivity index (χ2v) is 7.96. The Balaban J connectivity index is 2.22. The van der Waals surface area contributed by atoms with Gasteiger partial charge in [-0.05, 0) is 46.3 Å². The molecule has 0 N–H and O–H groups in total. The van der Waals surface area contributed by atoms with E-state index in [1.807, 2.05) is 0 Å². The van der Waals surface area contributed by atoms with Crippen LogP contribution in [0.5, 0.6) is 0 Å². The predicted molar refractivity (Wildman–Crippen MR) is 110 cm³/mol. The fourth-order valence-electron chi connectivity index (χ4n) is 3.50. The number of rotatable bonds is 6. The number of carbonyl (C=O) groups excluding carboxylic acids is 3. The first kappa shape index (κ1) is 23.2. The summed E-state index contributed by atoms with van der Waals surface area (Å²) >= 11 is 6.40. The van der Waals surface area contributed by atoms with Crippen molar-refractivity contribution in [2.24, 2.45) is 0 Å². The largest absolute Gasteiger partial charge is 0.424 e. The molecular formula is C21H29ClN2O5. The molecule has 0 aromatic heterocycles. The molecule has 7 nitrogen and oxygen atoms in total. The number of Topliss-reactive ketones (excluding diaryl/α,β-unsaturated/α-hetero) is 1. The molecule has 2 rings (SSSR count). The molecule has 1 aliphatic rings. The summed E-state index contributed by atoms with van der Waals surface area (Å²) in [6.45, 7) is 3.16. The molecule has 0 radical (unpaired) electrons. The van der Waals surface area contributed by atoms with E-state index in [-0.39, 0.29) is 5.78 Å². The van der Waals surface area contributed by atoms with Crippen LogP contribution in [0.3, 0.4) is 0 Å². The minimum absolute atomic E-state index is 0.0813. The Kier molecular flexibility index (Phi) is 7.66. The Morgan fingerprint density at radius 3 is 2.34 bits per heavy atom. The first-order valence-corrected chi connectivity index (χ1v) is 10.1. The zero-order chi connectivity index (χ0) is 21.8. The van der Waals surface area contributed by atoms with Crippen molar-refractivity contribution in [3.05, 3.63) is 34.9 Å². The zero-order valence-corrected chi connectivity index (χ0v) is 18.4. The summed E-state index contributed by atoms with van der Waals surface area (Å²) in [5, 5.41) is 0.418. The minimum Gasteiger partial charge on any atom is -0.424 e. The van der Waals surface area contributed by atoms with E-state index in [1.165, 1.54) is 18.9 Å². The van der Waals surface area contributed by atoms with E-state index in [2.05, 4.69) is 0 Å². The summed E-state index contributed by atoms with van der Waals surface area (Å²) in [6.07, 6.45) is 0.504. The van der Waals surface area contributed by atoms with Gasteiger partial charge in [0.05, 0.1) is 0 Å². The van der Waals surface area contributed by atoms with Gasteiger partial charge < -0.3 is 9.47 Å². The second kappa shape index (κ2) is 9.59. The van der Waals surface area contributed by atoms with Crippen molar-refractivity contribution >= 4 is 29.4 Å². The van der Waals surface area contributed by atoms with Gasteiger partial charge in [0.2, 0.25) is 6.29 Å². The van der Waals surface area contributed by atoms with Crippen molar-refractivity contribution < 1.29 is 23.9 Å². The second-order valence-electron chi connectivity index (χ2n) is 7.56.